The number of hydrogen-bond acceptors (Lipinski definition) is 8. The summed E-state index contributed by atoms with van der Waals surface area (Å²) >= 11 is 6.62. The van der Waals surface area contributed by atoms with Gasteiger partial charge in [0, 0.05) is 47.9 Å². The van der Waals surface area contributed by atoms with Crippen LogP contribution in [0.1, 0.15) is 43.4 Å². The third-order valence-corrected chi connectivity index (χ3v) is 9.16. The molecule has 3 aromatic rings. The summed E-state index contributed by atoms with van der Waals surface area (Å²) in [5, 5.41) is 16.1. The molecule has 0 radical (unpaired) electrons. The summed E-state index contributed by atoms with van der Waals surface area (Å²) in [6, 6.07) is 15.5. The Morgan fingerprint density at radius 2 is 1.93 bits per heavy atom. The predicted molar refractivity (Wildman–Crippen MR) is 160 cm³/mol. The molecule has 9 heteroatoms. The Kier molecular flexibility index (Phi) is 7.71. The Bertz CT molecular complexity index is 1410. The molecule has 1 aromatic heterocycles. The molecule has 0 aliphatic carbocycles. The number of rotatable bonds is 4. The number of aromatic nitrogens is 2. The van der Waals surface area contributed by atoms with Gasteiger partial charge >= 0.3 is 6.01 Å². The van der Waals surface area contributed by atoms with Crippen LogP contribution in [0.3, 0.4) is 0 Å². The molecule has 0 saturated carbocycles. The molecule has 40 heavy (non-hydrogen) atoms. The Labute approximate surface area is 241 Å². The maximum absolute atomic E-state index is 9.43. The number of nitriles is 1. The molecule has 0 amide bonds. The van der Waals surface area contributed by atoms with Crippen LogP contribution >= 0.6 is 11.6 Å². The zero-order chi connectivity index (χ0) is 27.7. The normalized spacial score (nSPS) is 23.9. The van der Waals surface area contributed by atoms with E-state index in [0.29, 0.717) is 25.0 Å². The molecule has 2 bridgehead atoms. The van der Waals surface area contributed by atoms with Crippen molar-refractivity contribution in [2.75, 3.05) is 56.7 Å². The smallest absolute Gasteiger partial charge is 0.318 e. The monoisotopic (exact) mass is 559 g/mol. The number of methoxy groups -OCH3 is 1. The third-order valence-electron chi connectivity index (χ3n) is 8.84. The SMILES string of the molecule is CN1CCCC1.COc1nc2c(c(N3CC4CCC(CC#N)(C3)N4)n1)CCN(c1cccc3cccc(Cl)c13)C2. The van der Waals surface area contributed by atoms with Crippen molar-refractivity contribution in [2.45, 2.75) is 56.7 Å². The van der Waals surface area contributed by atoms with Gasteiger partial charge in [0.15, 0.2) is 0 Å². The highest BCUT2D eigenvalue weighted by Gasteiger charge is 2.45. The molecule has 8 nitrogen and oxygen atoms in total. The molecule has 7 rings (SSSR count). The second-order valence-corrected chi connectivity index (χ2v) is 12.0. The van der Waals surface area contributed by atoms with E-state index in [-0.39, 0.29) is 5.54 Å². The van der Waals surface area contributed by atoms with Gasteiger partial charge in [0.05, 0.1) is 36.9 Å². The van der Waals surface area contributed by atoms with Crippen molar-refractivity contribution in [1.82, 2.24) is 20.2 Å². The molecule has 2 unspecified atom stereocenters. The van der Waals surface area contributed by atoms with Gasteiger partial charge < -0.3 is 24.8 Å². The lowest BCUT2D eigenvalue weighted by molar-refractivity contribution is 0.323. The molecule has 4 aliphatic heterocycles. The van der Waals surface area contributed by atoms with E-state index in [4.69, 9.17) is 26.3 Å². The number of nitrogens with zero attached hydrogens (tertiary/aromatic N) is 6. The van der Waals surface area contributed by atoms with Crippen LogP contribution in [0.5, 0.6) is 6.01 Å². The van der Waals surface area contributed by atoms with Gasteiger partial charge in [-0.1, -0.05) is 35.9 Å². The summed E-state index contributed by atoms with van der Waals surface area (Å²) in [6.45, 7) is 5.85. The number of benzene rings is 2. The standard InChI is InChI=1S/C26H27ClN6O.C5H11N/c1-34-25-29-21-15-32(22-7-3-5-17-4-2-6-20(27)23(17)22)13-9-19(21)24(30-25)33-14-18-8-10-26(16-33,31-18)11-12-28;1-6-4-2-3-5-6/h2-7,18,31H,8-11,13-16H2,1H3;2-5H2,1H3. The molecule has 3 saturated heterocycles. The van der Waals surface area contributed by atoms with Gasteiger partial charge in [-0.05, 0) is 69.8 Å². The molecular formula is C31H38ClN7O. The first-order valence-corrected chi connectivity index (χ1v) is 14.8. The number of anilines is 2. The van der Waals surface area contributed by atoms with Crippen molar-refractivity contribution < 1.29 is 4.74 Å². The summed E-state index contributed by atoms with van der Waals surface area (Å²) in [5.74, 6) is 0.966. The van der Waals surface area contributed by atoms with Crippen molar-refractivity contribution in [1.29, 1.82) is 5.26 Å². The first-order chi connectivity index (χ1) is 19.5. The van der Waals surface area contributed by atoms with Gasteiger partial charge in [0.1, 0.15) is 5.82 Å². The van der Waals surface area contributed by atoms with Crippen LogP contribution < -0.4 is 19.9 Å². The molecule has 3 fully saturated rings. The lowest BCUT2D eigenvalue weighted by Crippen LogP contribution is -2.60. The Morgan fingerprint density at radius 1 is 1.12 bits per heavy atom. The number of fused-ring (bicyclic) bond motifs is 4. The zero-order valence-electron chi connectivity index (χ0n) is 23.5. The van der Waals surface area contributed by atoms with Crippen molar-refractivity contribution in [2.24, 2.45) is 0 Å². The quantitative estimate of drug-likeness (QED) is 0.489. The number of halogens is 1. The highest BCUT2D eigenvalue weighted by atomic mass is 35.5. The Hall–Kier alpha value is -3.12. The molecule has 5 heterocycles. The average molecular weight is 560 g/mol. The number of ether oxygens (including phenoxy) is 1. The van der Waals surface area contributed by atoms with Crippen molar-refractivity contribution >= 4 is 33.9 Å². The minimum absolute atomic E-state index is 0.150. The van der Waals surface area contributed by atoms with E-state index in [2.05, 4.69) is 57.4 Å². The summed E-state index contributed by atoms with van der Waals surface area (Å²) in [6.07, 6.45) is 6.31. The minimum Gasteiger partial charge on any atom is -0.467 e. The van der Waals surface area contributed by atoms with Crippen LogP contribution in [-0.4, -0.2) is 73.3 Å². The van der Waals surface area contributed by atoms with Crippen molar-refractivity contribution in [3.05, 3.63) is 52.7 Å². The first-order valence-electron chi connectivity index (χ1n) is 14.4. The highest BCUT2D eigenvalue weighted by molar-refractivity contribution is 6.36. The third kappa shape index (κ3) is 5.30. The Morgan fingerprint density at radius 3 is 2.65 bits per heavy atom. The summed E-state index contributed by atoms with van der Waals surface area (Å²) in [5.41, 5.74) is 3.17. The number of likely N-dealkylation sites (tertiary alicyclic amines) is 1. The average Bonchev–Trinajstić information content (AvgIpc) is 3.57. The topological polar surface area (TPSA) is 80.5 Å². The molecule has 0 spiro atoms. The zero-order valence-corrected chi connectivity index (χ0v) is 24.3. The number of hydrogen-bond donors (Lipinski definition) is 1. The second-order valence-electron chi connectivity index (χ2n) is 11.6. The van der Waals surface area contributed by atoms with E-state index >= 15 is 0 Å². The number of piperazine rings is 1. The van der Waals surface area contributed by atoms with E-state index in [0.717, 1.165) is 71.9 Å². The summed E-state index contributed by atoms with van der Waals surface area (Å²) < 4.78 is 5.53. The summed E-state index contributed by atoms with van der Waals surface area (Å²) in [4.78, 5) is 16.7. The van der Waals surface area contributed by atoms with Gasteiger partial charge in [-0.15, -0.1) is 0 Å². The maximum atomic E-state index is 9.43. The summed E-state index contributed by atoms with van der Waals surface area (Å²) in [7, 11) is 3.79. The van der Waals surface area contributed by atoms with Crippen LogP contribution in [-0.2, 0) is 13.0 Å². The van der Waals surface area contributed by atoms with E-state index in [1.54, 1.807) is 7.11 Å². The Balaban J connectivity index is 0.000000429. The van der Waals surface area contributed by atoms with Crippen molar-refractivity contribution in [3.8, 4) is 12.1 Å². The fourth-order valence-electron chi connectivity index (χ4n) is 6.86. The number of nitrogens with one attached hydrogen (secondary N) is 1. The van der Waals surface area contributed by atoms with E-state index in [9.17, 15) is 5.26 Å². The van der Waals surface area contributed by atoms with Crippen LogP contribution in [0.25, 0.3) is 10.8 Å². The van der Waals surface area contributed by atoms with Gasteiger partial charge in [0.25, 0.3) is 0 Å². The maximum Gasteiger partial charge on any atom is 0.318 e. The molecule has 210 valence electrons. The molecule has 2 aromatic carbocycles. The molecular weight excluding hydrogens is 522 g/mol. The largest absolute Gasteiger partial charge is 0.467 e. The van der Waals surface area contributed by atoms with Gasteiger partial charge in [-0.2, -0.15) is 15.2 Å². The second kappa shape index (κ2) is 11.4. The van der Waals surface area contributed by atoms with Gasteiger partial charge in [-0.3, -0.25) is 0 Å². The van der Waals surface area contributed by atoms with Crippen LogP contribution in [0, 0.1) is 11.3 Å². The molecule has 4 aliphatic rings. The predicted octanol–water partition coefficient (Wildman–Crippen LogP) is 4.79. The lowest BCUT2D eigenvalue weighted by Gasteiger charge is -2.42. The van der Waals surface area contributed by atoms with Crippen LogP contribution in [0.4, 0.5) is 11.5 Å². The highest BCUT2D eigenvalue weighted by Crippen LogP contribution is 2.39. The fourth-order valence-corrected chi connectivity index (χ4v) is 7.13. The lowest BCUT2D eigenvalue weighted by atomic mass is 9.93. The van der Waals surface area contributed by atoms with E-state index < -0.39 is 0 Å². The molecule has 2 atom stereocenters. The molecule has 1 N–H and O–H groups in total. The fraction of sp³-hybridized carbons (Fsp3) is 0.516. The van der Waals surface area contributed by atoms with Gasteiger partial charge in [0.2, 0.25) is 0 Å². The minimum atomic E-state index is -0.150. The van der Waals surface area contributed by atoms with Gasteiger partial charge in [-0.25, -0.2) is 0 Å². The van der Waals surface area contributed by atoms with E-state index in [1.807, 2.05) is 12.1 Å². The van der Waals surface area contributed by atoms with Crippen LogP contribution in [0.2, 0.25) is 5.02 Å². The first kappa shape index (κ1) is 27.1. The van der Waals surface area contributed by atoms with Crippen LogP contribution in [0.15, 0.2) is 36.4 Å². The van der Waals surface area contributed by atoms with Crippen molar-refractivity contribution in [3.63, 3.8) is 0 Å². The van der Waals surface area contributed by atoms with E-state index in [1.165, 1.54) is 31.5 Å².